The van der Waals surface area contributed by atoms with Gasteiger partial charge in [-0.05, 0) is 79.1 Å². The molecule has 2 aliphatic rings. The van der Waals surface area contributed by atoms with Gasteiger partial charge in [0.25, 0.3) is 0 Å². The Labute approximate surface area is 325 Å². The monoisotopic (exact) mass is 772 g/mol. The van der Waals surface area contributed by atoms with E-state index in [4.69, 9.17) is 25.8 Å². The Bertz CT molecular complexity index is 2020. The molecular weight excluding hydrogens is 727 g/mol. The van der Waals surface area contributed by atoms with Gasteiger partial charge in [0.15, 0.2) is 6.10 Å². The molecule has 4 N–H and O–H groups in total. The number of pyridine rings is 1. The first-order valence-electron chi connectivity index (χ1n) is 18.5. The molecule has 1 fully saturated rings. The normalized spacial score (nSPS) is 18.3. The van der Waals surface area contributed by atoms with Gasteiger partial charge in [-0.2, -0.15) is 5.26 Å². The second-order valence-corrected chi connectivity index (χ2v) is 14.6. The average molecular weight is 773 g/mol. The molecule has 0 amide bonds. The van der Waals surface area contributed by atoms with Crippen molar-refractivity contribution in [3.05, 3.63) is 105 Å². The first-order valence-corrected chi connectivity index (χ1v) is 18.9. The van der Waals surface area contributed by atoms with Crippen LogP contribution in [0.5, 0.6) is 17.2 Å². The number of hydrogen-bond acceptors (Lipinski definition) is 10. The maximum Gasteiger partial charge on any atom is 0.323 e. The van der Waals surface area contributed by atoms with E-state index in [-0.39, 0.29) is 42.2 Å². The summed E-state index contributed by atoms with van der Waals surface area (Å²) in [5.41, 5.74) is 5.80. The standard InChI is InChI=1S/C42H46ClFN4O7/c1-25-31(6-4-9-37(25)53-15-5-12-48-13-10-30(50)11-14-48)32-7-3-8-33-34(32)18-36(44)41(33)55-39-19-38(54-24-28-16-27(20-45)21-46-22-28)29(17-35(39)43)23-47-40(26(2)49)42(51)52/h3-4,6-9,16-17,19,21-22,26,30,36,40-41,47,49-50H,5,10-15,18,23-24H2,1-2H3,(H,51,52)/t26-,36+,40+,41-/m1/s1. The van der Waals surface area contributed by atoms with Gasteiger partial charge < -0.3 is 34.4 Å². The number of carboxylic acids is 1. The maximum atomic E-state index is 16.1. The third-order valence-corrected chi connectivity index (χ3v) is 10.5. The molecule has 0 unspecified atom stereocenters. The number of benzene rings is 3. The molecular formula is C42H46ClFN4O7. The number of nitrogens with one attached hydrogen (secondary N) is 1. The number of aliphatic carboxylic acids is 1. The van der Waals surface area contributed by atoms with Gasteiger partial charge in [-0.25, -0.2) is 4.39 Å². The van der Waals surface area contributed by atoms with E-state index in [2.05, 4.69) is 15.2 Å². The quantitative estimate of drug-likeness (QED) is 0.0945. The Balaban J connectivity index is 1.21. The number of carbonyl (C=O) groups is 1. The van der Waals surface area contributed by atoms with Crippen LogP contribution >= 0.6 is 11.6 Å². The van der Waals surface area contributed by atoms with Crippen molar-refractivity contribution in [3.63, 3.8) is 0 Å². The Hall–Kier alpha value is -4.77. The van der Waals surface area contributed by atoms with Crippen LogP contribution in [0.15, 0.2) is 67.0 Å². The largest absolute Gasteiger partial charge is 0.493 e. The number of aliphatic hydroxyl groups excluding tert-OH is 2. The Morgan fingerprint density at radius 1 is 1.09 bits per heavy atom. The van der Waals surface area contributed by atoms with Crippen LogP contribution in [0.3, 0.4) is 0 Å². The van der Waals surface area contributed by atoms with Crippen molar-refractivity contribution in [1.82, 2.24) is 15.2 Å². The van der Waals surface area contributed by atoms with E-state index in [0.29, 0.717) is 28.9 Å². The summed E-state index contributed by atoms with van der Waals surface area (Å²) in [6.45, 7) is 6.64. The van der Waals surface area contributed by atoms with E-state index in [1.807, 2.05) is 49.4 Å². The molecule has 3 aromatic carbocycles. The van der Waals surface area contributed by atoms with E-state index in [9.17, 15) is 25.4 Å². The van der Waals surface area contributed by atoms with E-state index >= 15 is 4.39 Å². The van der Waals surface area contributed by atoms with E-state index in [1.54, 1.807) is 24.4 Å². The zero-order valence-corrected chi connectivity index (χ0v) is 31.6. The van der Waals surface area contributed by atoms with Crippen LogP contribution in [-0.2, 0) is 24.4 Å². The number of likely N-dealkylation sites (tertiary alicyclic amines) is 1. The van der Waals surface area contributed by atoms with Gasteiger partial charge in [-0.15, -0.1) is 0 Å². The lowest BCUT2D eigenvalue weighted by Crippen LogP contribution is -2.44. The Morgan fingerprint density at radius 3 is 2.60 bits per heavy atom. The summed E-state index contributed by atoms with van der Waals surface area (Å²) in [6, 6.07) is 17.2. The number of nitriles is 1. The predicted molar refractivity (Wildman–Crippen MR) is 205 cm³/mol. The topological polar surface area (TPSA) is 157 Å². The number of aromatic nitrogens is 1. The minimum Gasteiger partial charge on any atom is -0.493 e. The van der Waals surface area contributed by atoms with Crippen LogP contribution in [-0.4, -0.2) is 81.8 Å². The van der Waals surface area contributed by atoms with E-state index < -0.39 is 30.4 Å². The first kappa shape index (κ1) is 39.9. The Morgan fingerprint density at radius 2 is 1.85 bits per heavy atom. The van der Waals surface area contributed by atoms with Crippen LogP contribution in [0.1, 0.15) is 65.7 Å². The molecule has 1 aliphatic carbocycles. The van der Waals surface area contributed by atoms with Crippen LogP contribution in [0.2, 0.25) is 5.02 Å². The molecule has 4 aromatic rings. The smallest absolute Gasteiger partial charge is 0.323 e. The van der Waals surface area contributed by atoms with Gasteiger partial charge in [0, 0.05) is 62.2 Å². The Kier molecular flexibility index (Phi) is 13.2. The van der Waals surface area contributed by atoms with Gasteiger partial charge >= 0.3 is 5.97 Å². The van der Waals surface area contributed by atoms with Crippen molar-refractivity contribution < 1.29 is 38.7 Å². The van der Waals surface area contributed by atoms with E-state index in [1.165, 1.54) is 13.1 Å². The lowest BCUT2D eigenvalue weighted by molar-refractivity contribution is -0.142. The number of aliphatic hydroxyl groups is 2. The van der Waals surface area contributed by atoms with Crippen molar-refractivity contribution in [1.29, 1.82) is 5.26 Å². The fourth-order valence-corrected chi connectivity index (χ4v) is 7.44. The summed E-state index contributed by atoms with van der Waals surface area (Å²) >= 11 is 6.75. The van der Waals surface area contributed by atoms with Gasteiger partial charge in [0.1, 0.15) is 42.1 Å². The van der Waals surface area contributed by atoms with Gasteiger partial charge in [0.2, 0.25) is 0 Å². The molecule has 2 heterocycles. The van der Waals surface area contributed by atoms with Crippen molar-refractivity contribution in [2.45, 2.75) is 83.2 Å². The lowest BCUT2D eigenvalue weighted by atomic mass is 9.93. The molecule has 4 atom stereocenters. The average Bonchev–Trinajstić information content (AvgIpc) is 3.49. The molecule has 55 heavy (non-hydrogen) atoms. The zero-order valence-electron chi connectivity index (χ0n) is 30.9. The number of rotatable bonds is 16. The van der Waals surface area contributed by atoms with Crippen LogP contribution in [0.4, 0.5) is 4.39 Å². The van der Waals surface area contributed by atoms with Crippen LogP contribution < -0.4 is 19.5 Å². The predicted octanol–water partition coefficient (Wildman–Crippen LogP) is 6.32. The van der Waals surface area contributed by atoms with Gasteiger partial charge in [-0.1, -0.05) is 41.9 Å². The zero-order chi connectivity index (χ0) is 39.1. The summed E-state index contributed by atoms with van der Waals surface area (Å²) in [6.07, 6.45) is 1.89. The molecule has 0 radical (unpaired) electrons. The molecule has 11 nitrogen and oxygen atoms in total. The summed E-state index contributed by atoms with van der Waals surface area (Å²) in [4.78, 5) is 18.2. The van der Waals surface area contributed by atoms with E-state index in [0.717, 1.165) is 66.9 Å². The number of hydrogen-bond donors (Lipinski definition) is 4. The lowest BCUT2D eigenvalue weighted by Gasteiger charge is -2.29. The molecule has 0 spiro atoms. The molecule has 1 saturated heterocycles. The molecule has 6 rings (SSSR count). The van der Waals surface area contributed by atoms with Crippen molar-refractivity contribution in [3.8, 4) is 34.4 Å². The van der Waals surface area contributed by atoms with Crippen LogP contribution in [0, 0.1) is 18.3 Å². The molecule has 0 bridgehead atoms. The summed E-state index contributed by atoms with van der Waals surface area (Å²) in [7, 11) is 0. The molecule has 290 valence electrons. The fourth-order valence-electron chi connectivity index (χ4n) is 7.21. The van der Waals surface area contributed by atoms with Crippen molar-refractivity contribution in [2.24, 2.45) is 0 Å². The summed E-state index contributed by atoms with van der Waals surface area (Å²) < 4.78 is 34.8. The minimum atomic E-state index is -1.38. The van der Waals surface area contributed by atoms with Gasteiger partial charge in [-0.3, -0.25) is 15.1 Å². The number of nitrogens with zero attached hydrogens (tertiary/aromatic N) is 3. The van der Waals surface area contributed by atoms with Crippen LogP contribution in [0.25, 0.3) is 11.1 Å². The third-order valence-electron chi connectivity index (χ3n) is 10.2. The number of carboxylic acid groups (broad SMARTS) is 1. The highest BCUT2D eigenvalue weighted by atomic mass is 35.5. The number of alkyl halides is 1. The second-order valence-electron chi connectivity index (χ2n) is 14.1. The summed E-state index contributed by atoms with van der Waals surface area (Å²) in [5, 5.41) is 41.7. The third kappa shape index (κ3) is 9.73. The highest BCUT2D eigenvalue weighted by Gasteiger charge is 2.37. The highest BCUT2D eigenvalue weighted by Crippen LogP contribution is 2.45. The highest BCUT2D eigenvalue weighted by molar-refractivity contribution is 6.32. The fraction of sp³-hybridized carbons (Fsp3) is 0.405. The first-order chi connectivity index (χ1) is 26.5. The molecule has 13 heteroatoms. The number of halogens is 2. The SMILES string of the molecule is Cc1c(OCCCN2CCC(O)CC2)cccc1-c1cccc2c1C[C@H](F)[C@@H]2Oc1cc(OCc2cncc(C#N)c2)c(CN[C@H](C(=O)O)[C@@H](C)O)cc1Cl. The second kappa shape index (κ2) is 18.2. The van der Waals surface area contributed by atoms with Crippen molar-refractivity contribution >= 4 is 17.6 Å². The maximum absolute atomic E-state index is 16.1. The number of ether oxygens (including phenoxy) is 3. The van der Waals surface area contributed by atoms with Crippen molar-refractivity contribution in [2.75, 3.05) is 26.2 Å². The molecule has 1 aromatic heterocycles. The summed E-state index contributed by atoms with van der Waals surface area (Å²) in [5.74, 6) is 0.0111. The van der Waals surface area contributed by atoms with Gasteiger partial charge in [0.05, 0.1) is 29.4 Å². The number of piperidine rings is 1. The minimum absolute atomic E-state index is 0.0162. The number of fused-ring (bicyclic) bond motifs is 1. The molecule has 0 saturated carbocycles. The molecule has 1 aliphatic heterocycles.